The van der Waals surface area contributed by atoms with Gasteiger partial charge in [0.2, 0.25) is 0 Å². The van der Waals surface area contributed by atoms with Gasteiger partial charge in [0, 0.05) is 11.1 Å². The number of esters is 1. The Balaban J connectivity index is 2.04. The minimum absolute atomic E-state index is 0.240. The first-order valence-electron chi connectivity index (χ1n) is 9.56. The fourth-order valence-electron chi connectivity index (χ4n) is 2.75. The number of hydrogen-bond donors (Lipinski definition) is 1. The molecule has 1 N–H and O–H groups in total. The number of methoxy groups -OCH3 is 2. The molecule has 2 aromatic rings. The number of amides is 1. The topological polar surface area (TPSA) is 90.9 Å². The fourth-order valence-corrected chi connectivity index (χ4v) is 2.75. The number of rotatable bonds is 9. The van der Waals surface area contributed by atoms with Crippen molar-refractivity contribution in [2.75, 3.05) is 20.8 Å². The summed E-state index contributed by atoms with van der Waals surface area (Å²) in [5, 5.41) is 2.67. The van der Waals surface area contributed by atoms with Gasteiger partial charge >= 0.3 is 5.97 Å². The SMILES string of the molecule is COc1ccc(C(=O)NC(C(=O)OCC(=O)c2ccc(C)cc2)C(C)C)cc1OC. The molecule has 0 aliphatic carbocycles. The van der Waals surface area contributed by atoms with Crippen LogP contribution in [0.1, 0.15) is 40.1 Å². The Bertz CT molecular complexity index is 904. The van der Waals surface area contributed by atoms with E-state index in [0.717, 1.165) is 5.56 Å². The van der Waals surface area contributed by atoms with Crippen molar-refractivity contribution < 1.29 is 28.6 Å². The third kappa shape index (κ3) is 5.83. The molecule has 0 saturated carbocycles. The molecule has 2 rings (SSSR count). The maximum absolute atomic E-state index is 12.6. The van der Waals surface area contributed by atoms with Crippen molar-refractivity contribution in [3.05, 3.63) is 59.2 Å². The smallest absolute Gasteiger partial charge is 0.329 e. The molecular weight excluding hydrogens is 386 g/mol. The van der Waals surface area contributed by atoms with Crippen LogP contribution in [-0.2, 0) is 9.53 Å². The van der Waals surface area contributed by atoms with Crippen molar-refractivity contribution in [1.82, 2.24) is 5.32 Å². The van der Waals surface area contributed by atoms with Crippen LogP contribution in [0, 0.1) is 12.8 Å². The van der Waals surface area contributed by atoms with Gasteiger partial charge in [-0.15, -0.1) is 0 Å². The molecule has 0 fully saturated rings. The van der Waals surface area contributed by atoms with Gasteiger partial charge in [0.05, 0.1) is 14.2 Å². The molecule has 0 bridgehead atoms. The highest BCUT2D eigenvalue weighted by Gasteiger charge is 2.27. The summed E-state index contributed by atoms with van der Waals surface area (Å²) in [6, 6.07) is 10.8. The van der Waals surface area contributed by atoms with Crippen LogP contribution in [0.3, 0.4) is 0 Å². The van der Waals surface area contributed by atoms with Gasteiger partial charge in [-0.05, 0) is 31.0 Å². The van der Waals surface area contributed by atoms with Crippen molar-refractivity contribution >= 4 is 17.7 Å². The van der Waals surface area contributed by atoms with Gasteiger partial charge in [-0.25, -0.2) is 4.79 Å². The van der Waals surface area contributed by atoms with E-state index in [1.807, 2.05) is 19.1 Å². The number of ether oxygens (including phenoxy) is 3. The van der Waals surface area contributed by atoms with Gasteiger partial charge in [0.25, 0.3) is 5.91 Å². The largest absolute Gasteiger partial charge is 0.493 e. The highest BCUT2D eigenvalue weighted by molar-refractivity contribution is 5.99. The minimum Gasteiger partial charge on any atom is -0.493 e. The van der Waals surface area contributed by atoms with Crippen molar-refractivity contribution in [3.8, 4) is 11.5 Å². The van der Waals surface area contributed by atoms with E-state index in [9.17, 15) is 14.4 Å². The Morgan fingerprint density at radius 3 is 2.07 bits per heavy atom. The molecule has 0 radical (unpaired) electrons. The number of aryl methyl sites for hydroxylation is 1. The van der Waals surface area contributed by atoms with Crippen LogP contribution < -0.4 is 14.8 Å². The number of carbonyl (C=O) groups excluding carboxylic acids is 3. The van der Waals surface area contributed by atoms with E-state index in [4.69, 9.17) is 14.2 Å². The van der Waals surface area contributed by atoms with Gasteiger partial charge in [-0.1, -0.05) is 43.7 Å². The number of ketones is 1. The van der Waals surface area contributed by atoms with Crippen molar-refractivity contribution in [2.24, 2.45) is 5.92 Å². The van der Waals surface area contributed by atoms with E-state index in [-0.39, 0.29) is 11.7 Å². The molecule has 0 aromatic heterocycles. The Morgan fingerprint density at radius 2 is 1.50 bits per heavy atom. The third-order valence-corrected chi connectivity index (χ3v) is 4.57. The molecule has 0 spiro atoms. The maximum Gasteiger partial charge on any atom is 0.329 e. The zero-order valence-electron chi connectivity index (χ0n) is 17.9. The molecule has 0 aliphatic rings. The lowest BCUT2D eigenvalue weighted by Crippen LogP contribution is -2.45. The second kappa shape index (κ2) is 10.4. The normalized spacial score (nSPS) is 11.5. The van der Waals surface area contributed by atoms with Crippen LogP contribution >= 0.6 is 0 Å². The van der Waals surface area contributed by atoms with Crippen LogP contribution in [0.4, 0.5) is 0 Å². The van der Waals surface area contributed by atoms with Crippen molar-refractivity contribution in [1.29, 1.82) is 0 Å². The lowest BCUT2D eigenvalue weighted by atomic mass is 10.0. The number of benzene rings is 2. The number of carbonyl (C=O) groups is 3. The Morgan fingerprint density at radius 1 is 0.900 bits per heavy atom. The van der Waals surface area contributed by atoms with Crippen LogP contribution in [-0.4, -0.2) is 44.5 Å². The summed E-state index contributed by atoms with van der Waals surface area (Å²) in [6.45, 7) is 5.09. The molecule has 0 heterocycles. The van der Waals surface area contributed by atoms with Gasteiger partial charge in [-0.2, -0.15) is 0 Å². The zero-order valence-corrected chi connectivity index (χ0v) is 17.9. The molecule has 30 heavy (non-hydrogen) atoms. The maximum atomic E-state index is 12.6. The van der Waals surface area contributed by atoms with Gasteiger partial charge in [0.15, 0.2) is 23.9 Å². The highest BCUT2D eigenvalue weighted by Crippen LogP contribution is 2.27. The third-order valence-electron chi connectivity index (χ3n) is 4.57. The number of nitrogens with one attached hydrogen (secondary N) is 1. The van der Waals surface area contributed by atoms with Gasteiger partial charge in [-0.3, -0.25) is 9.59 Å². The van der Waals surface area contributed by atoms with E-state index in [0.29, 0.717) is 22.6 Å². The van der Waals surface area contributed by atoms with Crippen molar-refractivity contribution in [2.45, 2.75) is 26.8 Å². The second-order valence-electron chi connectivity index (χ2n) is 7.16. The number of hydrogen-bond acceptors (Lipinski definition) is 6. The molecule has 0 saturated heterocycles. The van der Waals surface area contributed by atoms with E-state index < -0.39 is 24.5 Å². The molecular formula is C23H27NO6. The molecule has 1 unspecified atom stereocenters. The molecule has 1 amide bonds. The van der Waals surface area contributed by atoms with Crippen LogP contribution in [0.5, 0.6) is 11.5 Å². The zero-order chi connectivity index (χ0) is 22.3. The quantitative estimate of drug-likeness (QED) is 0.502. The summed E-state index contributed by atoms with van der Waals surface area (Å²) in [7, 11) is 2.97. The monoisotopic (exact) mass is 413 g/mol. The Hall–Kier alpha value is -3.35. The summed E-state index contributed by atoms with van der Waals surface area (Å²) in [6.07, 6.45) is 0. The Labute approximate surface area is 176 Å². The molecule has 7 heteroatoms. The lowest BCUT2D eigenvalue weighted by Gasteiger charge is -2.21. The van der Waals surface area contributed by atoms with Crippen LogP contribution in [0.25, 0.3) is 0 Å². The van der Waals surface area contributed by atoms with E-state index in [1.165, 1.54) is 20.3 Å². The molecule has 0 aliphatic heterocycles. The summed E-state index contributed by atoms with van der Waals surface area (Å²) < 4.78 is 15.6. The first-order valence-corrected chi connectivity index (χ1v) is 9.56. The average molecular weight is 413 g/mol. The average Bonchev–Trinajstić information content (AvgIpc) is 2.75. The highest BCUT2D eigenvalue weighted by atomic mass is 16.5. The van der Waals surface area contributed by atoms with E-state index >= 15 is 0 Å². The lowest BCUT2D eigenvalue weighted by molar-refractivity contribution is -0.145. The first kappa shape index (κ1) is 22.9. The molecule has 2 aromatic carbocycles. The summed E-state index contributed by atoms with van der Waals surface area (Å²) in [5.41, 5.74) is 1.80. The predicted octanol–water partition coefficient (Wildman–Crippen LogP) is 3.19. The van der Waals surface area contributed by atoms with Gasteiger partial charge in [0.1, 0.15) is 6.04 Å². The Kier molecular flexibility index (Phi) is 7.98. The minimum atomic E-state index is -0.906. The number of Topliss-reactive ketones (excluding diaryl/α,β-unsaturated/α-hetero) is 1. The summed E-state index contributed by atoms with van der Waals surface area (Å²) in [4.78, 5) is 37.4. The molecule has 1 atom stereocenters. The fraction of sp³-hybridized carbons (Fsp3) is 0.348. The summed E-state index contributed by atoms with van der Waals surface area (Å²) in [5.74, 6) is -0.787. The predicted molar refractivity (Wildman–Crippen MR) is 112 cm³/mol. The van der Waals surface area contributed by atoms with Crippen molar-refractivity contribution in [3.63, 3.8) is 0 Å². The van der Waals surface area contributed by atoms with E-state index in [1.54, 1.807) is 38.1 Å². The second-order valence-corrected chi connectivity index (χ2v) is 7.16. The van der Waals surface area contributed by atoms with Crippen LogP contribution in [0.15, 0.2) is 42.5 Å². The van der Waals surface area contributed by atoms with E-state index in [2.05, 4.69) is 5.32 Å². The first-order chi connectivity index (χ1) is 14.3. The molecule has 7 nitrogen and oxygen atoms in total. The summed E-state index contributed by atoms with van der Waals surface area (Å²) >= 11 is 0. The standard InChI is InChI=1S/C23H27NO6/c1-14(2)21(23(27)30-13-18(25)16-8-6-15(3)7-9-16)24-22(26)17-10-11-19(28-4)20(12-17)29-5/h6-12,14,21H,13H2,1-5H3,(H,24,26). The van der Waals surface area contributed by atoms with Crippen LogP contribution in [0.2, 0.25) is 0 Å². The molecule has 160 valence electrons. The van der Waals surface area contributed by atoms with Gasteiger partial charge < -0.3 is 19.5 Å².